The molecule has 0 aromatic heterocycles. The number of ether oxygens (including phenoxy) is 2. The molecule has 1 heterocycles. The van der Waals surface area contributed by atoms with Gasteiger partial charge in [0.1, 0.15) is 5.75 Å². The number of hydrogen-bond donors (Lipinski definition) is 1. The van der Waals surface area contributed by atoms with Crippen molar-refractivity contribution in [2.24, 2.45) is 5.73 Å². The Kier molecular flexibility index (Phi) is 4.06. The van der Waals surface area contributed by atoms with Crippen molar-refractivity contribution in [1.29, 1.82) is 0 Å². The van der Waals surface area contributed by atoms with Gasteiger partial charge in [-0.25, -0.2) is 4.39 Å². The van der Waals surface area contributed by atoms with E-state index in [4.69, 9.17) is 15.2 Å². The van der Waals surface area contributed by atoms with Crippen molar-refractivity contribution < 1.29 is 13.9 Å². The van der Waals surface area contributed by atoms with E-state index in [0.717, 1.165) is 25.2 Å². The molecule has 0 amide bonds. The standard InChI is InChI=1S/C17H18FNO2/c18-15-3-1-2-14(11-19)17(15)21-8-6-12-4-5-16-13(10-12)7-9-20-16/h1-5,10H,6-9,11,19H2. The third-order valence-corrected chi connectivity index (χ3v) is 3.66. The van der Waals surface area contributed by atoms with Crippen LogP contribution < -0.4 is 15.2 Å². The van der Waals surface area contributed by atoms with Gasteiger partial charge in [0.25, 0.3) is 0 Å². The molecular formula is C17H18FNO2. The number of para-hydroxylation sites is 1. The molecule has 2 aromatic carbocycles. The average molecular weight is 287 g/mol. The Bertz CT molecular complexity index is 643. The maximum atomic E-state index is 13.7. The van der Waals surface area contributed by atoms with Crippen LogP contribution in [0.25, 0.3) is 0 Å². The number of nitrogens with two attached hydrogens (primary N) is 1. The van der Waals surface area contributed by atoms with Gasteiger partial charge in [0, 0.05) is 24.9 Å². The molecule has 1 aliphatic rings. The Labute approximate surface area is 123 Å². The topological polar surface area (TPSA) is 44.5 Å². The van der Waals surface area contributed by atoms with E-state index >= 15 is 0 Å². The molecule has 0 unspecified atom stereocenters. The van der Waals surface area contributed by atoms with Crippen LogP contribution in [0, 0.1) is 5.82 Å². The molecule has 0 saturated carbocycles. The highest BCUT2D eigenvalue weighted by Gasteiger charge is 2.12. The monoisotopic (exact) mass is 287 g/mol. The largest absolute Gasteiger partial charge is 0.493 e. The van der Waals surface area contributed by atoms with E-state index in [1.807, 2.05) is 12.1 Å². The summed E-state index contributed by atoms with van der Waals surface area (Å²) < 4.78 is 24.8. The molecule has 0 radical (unpaired) electrons. The van der Waals surface area contributed by atoms with Gasteiger partial charge in [-0.1, -0.05) is 24.3 Å². The zero-order valence-electron chi connectivity index (χ0n) is 11.8. The number of hydrogen-bond acceptors (Lipinski definition) is 3. The van der Waals surface area contributed by atoms with Gasteiger partial charge in [-0.2, -0.15) is 0 Å². The number of benzene rings is 2. The predicted octanol–water partition coefficient (Wildman–Crippen LogP) is 2.84. The first-order valence-electron chi connectivity index (χ1n) is 7.13. The zero-order chi connectivity index (χ0) is 14.7. The first-order valence-corrected chi connectivity index (χ1v) is 7.13. The van der Waals surface area contributed by atoms with Crippen molar-refractivity contribution in [3.8, 4) is 11.5 Å². The molecular weight excluding hydrogens is 269 g/mol. The average Bonchev–Trinajstić information content (AvgIpc) is 2.96. The summed E-state index contributed by atoms with van der Waals surface area (Å²) in [5.74, 6) is 0.879. The van der Waals surface area contributed by atoms with E-state index in [-0.39, 0.29) is 18.1 Å². The van der Waals surface area contributed by atoms with Gasteiger partial charge in [-0.05, 0) is 23.3 Å². The summed E-state index contributed by atoms with van der Waals surface area (Å²) in [5, 5.41) is 0. The minimum atomic E-state index is -0.361. The second-order valence-electron chi connectivity index (χ2n) is 5.07. The van der Waals surface area contributed by atoms with Crippen LogP contribution in [0.15, 0.2) is 36.4 Å². The van der Waals surface area contributed by atoms with Gasteiger partial charge in [0.15, 0.2) is 11.6 Å². The van der Waals surface area contributed by atoms with Crippen LogP contribution in [-0.4, -0.2) is 13.2 Å². The fourth-order valence-electron chi connectivity index (χ4n) is 2.54. The lowest BCUT2D eigenvalue weighted by atomic mass is 10.1. The van der Waals surface area contributed by atoms with Crippen molar-refractivity contribution in [3.63, 3.8) is 0 Å². The normalized spacial score (nSPS) is 12.9. The van der Waals surface area contributed by atoms with Crippen LogP contribution >= 0.6 is 0 Å². The lowest BCUT2D eigenvalue weighted by molar-refractivity contribution is 0.302. The lowest BCUT2D eigenvalue weighted by Gasteiger charge is -2.11. The summed E-state index contributed by atoms with van der Waals surface area (Å²) >= 11 is 0. The Balaban J connectivity index is 1.64. The van der Waals surface area contributed by atoms with Crippen LogP contribution in [-0.2, 0) is 19.4 Å². The van der Waals surface area contributed by atoms with Crippen molar-refractivity contribution in [3.05, 3.63) is 58.9 Å². The molecule has 4 heteroatoms. The summed E-state index contributed by atoms with van der Waals surface area (Å²) in [6, 6.07) is 11.0. The molecule has 0 saturated heterocycles. The summed E-state index contributed by atoms with van der Waals surface area (Å²) in [5.41, 5.74) is 8.70. The second kappa shape index (κ2) is 6.14. The van der Waals surface area contributed by atoms with E-state index < -0.39 is 0 Å². The molecule has 0 fully saturated rings. The van der Waals surface area contributed by atoms with Crippen LogP contribution in [0.5, 0.6) is 11.5 Å². The SMILES string of the molecule is NCc1cccc(F)c1OCCc1ccc2c(c1)CCO2. The second-order valence-corrected chi connectivity index (χ2v) is 5.07. The summed E-state index contributed by atoms with van der Waals surface area (Å²) in [6.07, 6.45) is 1.68. The van der Waals surface area contributed by atoms with E-state index in [1.54, 1.807) is 12.1 Å². The van der Waals surface area contributed by atoms with Gasteiger partial charge in [0.2, 0.25) is 0 Å². The fourth-order valence-corrected chi connectivity index (χ4v) is 2.54. The van der Waals surface area contributed by atoms with Crippen molar-refractivity contribution in [2.75, 3.05) is 13.2 Å². The Morgan fingerprint density at radius 2 is 2.14 bits per heavy atom. The number of rotatable bonds is 5. The third-order valence-electron chi connectivity index (χ3n) is 3.66. The van der Waals surface area contributed by atoms with Crippen LogP contribution in [0.4, 0.5) is 4.39 Å². The highest BCUT2D eigenvalue weighted by molar-refractivity contribution is 5.40. The molecule has 1 aliphatic heterocycles. The van der Waals surface area contributed by atoms with E-state index in [0.29, 0.717) is 12.2 Å². The summed E-state index contributed by atoms with van der Waals surface area (Å²) in [7, 11) is 0. The summed E-state index contributed by atoms with van der Waals surface area (Å²) in [6.45, 7) is 1.45. The van der Waals surface area contributed by atoms with Crippen molar-refractivity contribution in [2.45, 2.75) is 19.4 Å². The number of fused-ring (bicyclic) bond motifs is 1. The molecule has 0 aliphatic carbocycles. The molecule has 3 rings (SSSR count). The van der Waals surface area contributed by atoms with Crippen LogP contribution in [0.3, 0.4) is 0 Å². The maximum absolute atomic E-state index is 13.7. The summed E-state index contributed by atoms with van der Waals surface area (Å²) in [4.78, 5) is 0. The molecule has 21 heavy (non-hydrogen) atoms. The third kappa shape index (κ3) is 3.00. The van der Waals surface area contributed by atoms with Gasteiger partial charge >= 0.3 is 0 Å². The smallest absolute Gasteiger partial charge is 0.165 e. The van der Waals surface area contributed by atoms with E-state index in [1.165, 1.54) is 17.2 Å². The van der Waals surface area contributed by atoms with Gasteiger partial charge < -0.3 is 15.2 Å². The minimum absolute atomic E-state index is 0.267. The quantitative estimate of drug-likeness (QED) is 0.919. The molecule has 0 bridgehead atoms. The Morgan fingerprint density at radius 3 is 3.00 bits per heavy atom. The van der Waals surface area contributed by atoms with Crippen molar-refractivity contribution in [1.82, 2.24) is 0 Å². The maximum Gasteiger partial charge on any atom is 0.165 e. The van der Waals surface area contributed by atoms with Gasteiger partial charge in [-0.15, -0.1) is 0 Å². The molecule has 2 aromatic rings. The van der Waals surface area contributed by atoms with Crippen LogP contribution in [0.2, 0.25) is 0 Å². The molecule has 0 atom stereocenters. The predicted molar refractivity (Wildman–Crippen MR) is 79.1 cm³/mol. The molecule has 0 spiro atoms. The Hall–Kier alpha value is -2.07. The van der Waals surface area contributed by atoms with Gasteiger partial charge in [-0.3, -0.25) is 0 Å². The fraction of sp³-hybridized carbons (Fsp3) is 0.294. The highest BCUT2D eigenvalue weighted by atomic mass is 19.1. The van der Waals surface area contributed by atoms with E-state index in [2.05, 4.69) is 6.07 Å². The Morgan fingerprint density at radius 1 is 1.24 bits per heavy atom. The van der Waals surface area contributed by atoms with E-state index in [9.17, 15) is 4.39 Å². The molecule has 2 N–H and O–H groups in total. The van der Waals surface area contributed by atoms with Crippen molar-refractivity contribution >= 4 is 0 Å². The molecule has 110 valence electrons. The van der Waals surface area contributed by atoms with Crippen LogP contribution in [0.1, 0.15) is 16.7 Å². The number of halogens is 1. The first kappa shape index (κ1) is 13.9. The zero-order valence-corrected chi connectivity index (χ0v) is 11.8. The minimum Gasteiger partial charge on any atom is -0.493 e. The van der Waals surface area contributed by atoms with Gasteiger partial charge in [0.05, 0.1) is 13.2 Å². The first-order chi connectivity index (χ1) is 10.3. The highest BCUT2D eigenvalue weighted by Crippen LogP contribution is 2.26. The molecule has 3 nitrogen and oxygen atoms in total. The lowest BCUT2D eigenvalue weighted by Crippen LogP contribution is -2.07.